The fourth-order valence-corrected chi connectivity index (χ4v) is 4.00. The van der Waals surface area contributed by atoms with Crippen molar-refractivity contribution in [2.24, 2.45) is 10.4 Å². The summed E-state index contributed by atoms with van der Waals surface area (Å²) in [7, 11) is 0. The highest BCUT2D eigenvalue weighted by Crippen LogP contribution is 2.40. The molecule has 1 saturated heterocycles. The maximum absolute atomic E-state index is 11.2. The first-order chi connectivity index (χ1) is 12.7. The molecule has 134 valence electrons. The standard InChI is InChI=1S/C21H23N3O2/c25-19(26)16-6-3-4-15(12-16)14-23-20-21(8-10-22-11-9-21)13-17-5-1-2-7-18(17)24-20/h1-7,12,22H,8-11,13-14H2,(H,23,24)(H,25,26). The Bertz CT molecular complexity index is 854. The Kier molecular flexibility index (Phi) is 4.47. The quantitative estimate of drug-likeness (QED) is 0.795. The fraction of sp³-hybridized carbons (Fsp3) is 0.333. The molecule has 2 aliphatic heterocycles. The van der Waals surface area contributed by atoms with Gasteiger partial charge in [-0.2, -0.15) is 0 Å². The number of aromatic carboxylic acids is 1. The van der Waals surface area contributed by atoms with E-state index in [1.165, 1.54) is 5.56 Å². The summed E-state index contributed by atoms with van der Waals surface area (Å²) >= 11 is 0. The van der Waals surface area contributed by atoms with E-state index in [0.717, 1.165) is 49.4 Å². The van der Waals surface area contributed by atoms with E-state index >= 15 is 0 Å². The number of carboxylic acid groups (broad SMARTS) is 1. The van der Waals surface area contributed by atoms with E-state index in [1.807, 2.05) is 12.1 Å². The molecule has 0 amide bonds. The number of rotatable bonds is 3. The van der Waals surface area contributed by atoms with Crippen molar-refractivity contribution in [3.05, 3.63) is 65.2 Å². The van der Waals surface area contributed by atoms with Gasteiger partial charge in [-0.1, -0.05) is 30.3 Å². The molecule has 0 radical (unpaired) electrons. The number of fused-ring (bicyclic) bond motifs is 1. The Morgan fingerprint density at radius 2 is 1.92 bits per heavy atom. The van der Waals surface area contributed by atoms with Gasteiger partial charge in [0.15, 0.2) is 0 Å². The van der Waals surface area contributed by atoms with E-state index in [1.54, 1.807) is 18.2 Å². The predicted octanol–water partition coefficient (Wildman–Crippen LogP) is 3.32. The summed E-state index contributed by atoms with van der Waals surface area (Å²) in [4.78, 5) is 16.1. The molecule has 5 heteroatoms. The number of hydrogen-bond acceptors (Lipinski definition) is 3. The molecule has 0 saturated carbocycles. The molecule has 2 aliphatic rings. The highest BCUT2D eigenvalue weighted by molar-refractivity contribution is 6.02. The Labute approximate surface area is 153 Å². The summed E-state index contributed by atoms with van der Waals surface area (Å²) in [5, 5.41) is 16.2. The summed E-state index contributed by atoms with van der Waals surface area (Å²) in [5.41, 5.74) is 3.75. The Balaban J connectivity index is 1.65. The van der Waals surface area contributed by atoms with Crippen molar-refractivity contribution in [2.45, 2.75) is 25.8 Å². The van der Waals surface area contributed by atoms with Gasteiger partial charge in [-0.3, -0.25) is 4.99 Å². The normalized spacial score (nSPS) is 19.8. The lowest BCUT2D eigenvalue weighted by Crippen LogP contribution is -2.48. The Morgan fingerprint density at radius 1 is 1.12 bits per heavy atom. The van der Waals surface area contributed by atoms with Crippen molar-refractivity contribution < 1.29 is 9.90 Å². The van der Waals surface area contributed by atoms with Gasteiger partial charge in [0.2, 0.25) is 0 Å². The molecule has 5 nitrogen and oxygen atoms in total. The number of carbonyl (C=O) groups is 1. The first-order valence-corrected chi connectivity index (χ1v) is 9.09. The molecule has 0 bridgehead atoms. The van der Waals surface area contributed by atoms with Gasteiger partial charge in [-0.05, 0) is 61.7 Å². The highest BCUT2D eigenvalue weighted by Gasteiger charge is 2.40. The molecule has 1 spiro atoms. The van der Waals surface area contributed by atoms with E-state index in [-0.39, 0.29) is 5.41 Å². The summed E-state index contributed by atoms with van der Waals surface area (Å²) in [6.45, 7) is 2.48. The molecule has 4 rings (SSSR count). The van der Waals surface area contributed by atoms with Crippen LogP contribution >= 0.6 is 0 Å². The fourth-order valence-electron chi connectivity index (χ4n) is 4.00. The average Bonchev–Trinajstić information content (AvgIpc) is 2.67. The highest BCUT2D eigenvalue weighted by atomic mass is 16.4. The summed E-state index contributed by atoms with van der Waals surface area (Å²) in [5.74, 6) is 0.137. The van der Waals surface area contributed by atoms with Crippen LogP contribution in [0.2, 0.25) is 0 Å². The van der Waals surface area contributed by atoms with Crippen LogP contribution in [-0.4, -0.2) is 30.0 Å². The summed E-state index contributed by atoms with van der Waals surface area (Å²) in [6, 6.07) is 15.5. The molecule has 2 aromatic carbocycles. The number of anilines is 1. The number of para-hydroxylation sites is 1. The predicted molar refractivity (Wildman–Crippen MR) is 103 cm³/mol. The van der Waals surface area contributed by atoms with Crippen LogP contribution in [0.15, 0.2) is 53.5 Å². The van der Waals surface area contributed by atoms with Crippen LogP contribution in [0.5, 0.6) is 0 Å². The van der Waals surface area contributed by atoms with Crippen LogP contribution in [-0.2, 0) is 13.0 Å². The van der Waals surface area contributed by atoms with Gasteiger partial charge in [0.25, 0.3) is 0 Å². The monoisotopic (exact) mass is 349 g/mol. The van der Waals surface area contributed by atoms with Crippen molar-refractivity contribution in [3.8, 4) is 0 Å². The van der Waals surface area contributed by atoms with Crippen LogP contribution in [0.4, 0.5) is 5.69 Å². The lowest BCUT2D eigenvalue weighted by molar-refractivity contribution is 0.0696. The van der Waals surface area contributed by atoms with Gasteiger partial charge < -0.3 is 15.7 Å². The molecule has 0 unspecified atom stereocenters. The molecular weight excluding hydrogens is 326 g/mol. The van der Waals surface area contributed by atoms with Crippen molar-refractivity contribution in [1.29, 1.82) is 0 Å². The van der Waals surface area contributed by atoms with E-state index in [0.29, 0.717) is 12.1 Å². The van der Waals surface area contributed by atoms with Gasteiger partial charge in [-0.15, -0.1) is 0 Å². The zero-order valence-corrected chi connectivity index (χ0v) is 14.7. The third-order valence-corrected chi connectivity index (χ3v) is 5.46. The lowest BCUT2D eigenvalue weighted by Gasteiger charge is -2.42. The second-order valence-electron chi connectivity index (χ2n) is 7.16. The Morgan fingerprint density at radius 3 is 2.73 bits per heavy atom. The molecule has 2 aromatic rings. The number of hydrogen-bond donors (Lipinski definition) is 3. The van der Waals surface area contributed by atoms with E-state index in [9.17, 15) is 9.90 Å². The van der Waals surface area contributed by atoms with Gasteiger partial charge in [0.05, 0.1) is 12.1 Å². The smallest absolute Gasteiger partial charge is 0.335 e. The number of carboxylic acids is 1. The van der Waals surface area contributed by atoms with Crippen molar-refractivity contribution in [1.82, 2.24) is 5.32 Å². The number of nitrogens with one attached hydrogen (secondary N) is 2. The zero-order chi connectivity index (χ0) is 18.0. The first-order valence-electron chi connectivity index (χ1n) is 9.09. The van der Waals surface area contributed by atoms with Gasteiger partial charge in [-0.25, -0.2) is 4.79 Å². The van der Waals surface area contributed by atoms with Crippen molar-refractivity contribution in [2.75, 3.05) is 18.4 Å². The zero-order valence-electron chi connectivity index (χ0n) is 14.7. The molecule has 0 aromatic heterocycles. The molecule has 0 atom stereocenters. The number of piperidine rings is 1. The minimum absolute atomic E-state index is 0.0456. The number of amidine groups is 1. The number of aliphatic imine (C=N–C) groups is 1. The minimum atomic E-state index is -0.904. The minimum Gasteiger partial charge on any atom is -0.478 e. The first kappa shape index (κ1) is 16.8. The molecule has 3 N–H and O–H groups in total. The lowest BCUT2D eigenvalue weighted by atomic mass is 9.71. The van der Waals surface area contributed by atoms with Crippen molar-refractivity contribution in [3.63, 3.8) is 0 Å². The molecule has 1 fully saturated rings. The second-order valence-corrected chi connectivity index (χ2v) is 7.16. The van der Waals surface area contributed by atoms with Crippen LogP contribution < -0.4 is 10.6 Å². The molecule has 2 heterocycles. The average molecular weight is 349 g/mol. The summed E-state index contributed by atoms with van der Waals surface area (Å²) in [6.07, 6.45) is 3.12. The molecule has 26 heavy (non-hydrogen) atoms. The van der Waals surface area contributed by atoms with Gasteiger partial charge in [0, 0.05) is 11.1 Å². The number of benzene rings is 2. The van der Waals surface area contributed by atoms with E-state index in [4.69, 9.17) is 4.99 Å². The second kappa shape index (κ2) is 6.92. The van der Waals surface area contributed by atoms with Gasteiger partial charge in [0.1, 0.15) is 5.84 Å². The Hall–Kier alpha value is -2.66. The largest absolute Gasteiger partial charge is 0.478 e. The van der Waals surface area contributed by atoms with E-state index in [2.05, 4.69) is 28.8 Å². The topological polar surface area (TPSA) is 73.7 Å². The van der Waals surface area contributed by atoms with Crippen LogP contribution in [0.3, 0.4) is 0 Å². The molecular formula is C21H23N3O2. The number of nitrogens with zero attached hydrogens (tertiary/aromatic N) is 1. The van der Waals surface area contributed by atoms with E-state index < -0.39 is 5.97 Å². The third kappa shape index (κ3) is 3.22. The van der Waals surface area contributed by atoms with Crippen LogP contribution in [0.25, 0.3) is 0 Å². The van der Waals surface area contributed by atoms with Crippen molar-refractivity contribution >= 4 is 17.5 Å². The third-order valence-electron chi connectivity index (χ3n) is 5.46. The van der Waals surface area contributed by atoms with Crippen LogP contribution in [0.1, 0.15) is 34.3 Å². The maximum Gasteiger partial charge on any atom is 0.335 e. The maximum atomic E-state index is 11.2. The SMILES string of the molecule is O=C(O)c1cccc(CN=C2Nc3ccccc3CC23CCNCC3)c1. The van der Waals surface area contributed by atoms with Crippen LogP contribution in [0, 0.1) is 5.41 Å². The summed E-state index contributed by atoms with van der Waals surface area (Å²) < 4.78 is 0. The van der Waals surface area contributed by atoms with Gasteiger partial charge >= 0.3 is 5.97 Å². The molecule has 0 aliphatic carbocycles.